The molecule has 2 unspecified atom stereocenters. The molecule has 0 aromatic carbocycles. The third kappa shape index (κ3) is 63.3. The van der Waals surface area contributed by atoms with E-state index in [1.165, 1.54) is 109 Å². The first kappa shape index (κ1) is 76.1. The lowest BCUT2D eigenvalue weighted by atomic mass is 10.0. The SMILES string of the molecule is CC/C=C\C/C=C\C/C=C\C/C=C\C/C=C\C/C=C\C/C=C\C/C=C\C/C=C\C/C=C\C/C=C\CCCCCCCC(=O)OC(COC(=O)CCCCCCCCCCCCCCCCCCCCCC)COP(=O)(O)OCCN. The molecule has 2 atom stereocenters. The van der Waals surface area contributed by atoms with E-state index in [4.69, 9.17) is 24.3 Å². The van der Waals surface area contributed by atoms with Crippen LogP contribution in [0.1, 0.15) is 264 Å². The molecule has 0 aliphatic carbocycles. The number of carbonyl (C=O) groups is 2. The van der Waals surface area contributed by atoms with E-state index in [9.17, 15) is 19.0 Å². The van der Waals surface area contributed by atoms with Crippen molar-refractivity contribution in [1.82, 2.24) is 0 Å². The van der Waals surface area contributed by atoms with Crippen LogP contribution < -0.4 is 5.73 Å². The smallest absolute Gasteiger partial charge is 0.462 e. The molecule has 0 saturated heterocycles. The molecule has 0 aliphatic heterocycles. The minimum Gasteiger partial charge on any atom is -0.462 e. The molecular formula is C70H118NO8P. The summed E-state index contributed by atoms with van der Waals surface area (Å²) in [6, 6.07) is 0. The van der Waals surface area contributed by atoms with E-state index in [2.05, 4.69) is 148 Å². The van der Waals surface area contributed by atoms with Gasteiger partial charge in [-0.3, -0.25) is 18.6 Å². The summed E-state index contributed by atoms with van der Waals surface area (Å²) in [6.45, 7) is 3.62. The number of ether oxygens (including phenoxy) is 2. The Kier molecular flexibility index (Phi) is 61.2. The molecule has 10 heteroatoms. The summed E-state index contributed by atoms with van der Waals surface area (Å²) in [5.74, 6) is -0.850. The van der Waals surface area contributed by atoms with Crippen molar-refractivity contribution in [3.8, 4) is 0 Å². The van der Waals surface area contributed by atoms with Crippen LogP contribution in [-0.2, 0) is 32.7 Å². The van der Waals surface area contributed by atoms with Gasteiger partial charge in [0.25, 0.3) is 0 Å². The first-order valence-corrected chi connectivity index (χ1v) is 33.7. The lowest BCUT2D eigenvalue weighted by Gasteiger charge is -2.19. The molecule has 0 spiro atoms. The zero-order valence-electron chi connectivity index (χ0n) is 51.0. The Hall–Kier alpha value is -3.85. The summed E-state index contributed by atoms with van der Waals surface area (Å²) in [5.41, 5.74) is 5.39. The van der Waals surface area contributed by atoms with E-state index in [0.717, 1.165) is 122 Å². The lowest BCUT2D eigenvalue weighted by molar-refractivity contribution is -0.161. The molecule has 0 saturated carbocycles. The Morgan fingerprint density at radius 1 is 0.388 bits per heavy atom. The van der Waals surface area contributed by atoms with Crippen LogP contribution in [0.15, 0.2) is 134 Å². The number of phosphoric acid groups is 1. The molecule has 0 heterocycles. The van der Waals surface area contributed by atoms with E-state index >= 15 is 0 Å². The van der Waals surface area contributed by atoms with E-state index in [1.54, 1.807) is 0 Å². The zero-order chi connectivity index (χ0) is 58.0. The fourth-order valence-corrected chi connectivity index (χ4v) is 9.35. The van der Waals surface area contributed by atoms with Gasteiger partial charge < -0.3 is 20.1 Å². The molecule has 456 valence electrons. The van der Waals surface area contributed by atoms with Crippen molar-refractivity contribution in [1.29, 1.82) is 0 Å². The normalized spacial score (nSPS) is 13.9. The highest BCUT2D eigenvalue weighted by Gasteiger charge is 2.26. The first-order chi connectivity index (χ1) is 39.3. The highest BCUT2D eigenvalue weighted by molar-refractivity contribution is 7.47. The molecule has 0 aliphatic rings. The Bertz CT molecular complexity index is 1770. The summed E-state index contributed by atoms with van der Waals surface area (Å²) < 4.78 is 33.1. The molecule has 9 nitrogen and oxygen atoms in total. The van der Waals surface area contributed by atoms with Crippen molar-refractivity contribution in [2.45, 2.75) is 270 Å². The van der Waals surface area contributed by atoms with Gasteiger partial charge in [-0.1, -0.05) is 289 Å². The number of allylic oxidation sites excluding steroid dienone is 22. The van der Waals surface area contributed by atoms with Gasteiger partial charge in [0.05, 0.1) is 13.2 Å². The van der Waals surface area contributed by atoms with Gasteiger partial charge in [-0.05, 0) is 96.3 Å². The van der Waals surface area contributed by atoms with Gasteiger partial charge in [-0.25, -0.2) is 4.57 Å². The van der Waals surface area contributed by atoms with Crippen LogP contribution in [0.25, 0.3) is 0 Å². The van der Waals surface area contributed by atoms with Crippen molar-refractivity contribution in [2.24, 2.45) is 5.73 Å². The quantitative estimate of drug-likeness (QED) is 0.0264. The van der Waals surface area contributed by atoms with Gasteiger partial charge in [0.2, 0.25) is 0 Å². The Morgan fingerprint density at radius 2 is 0.688 bits per heavy atom. The van der Waals surface area contributed by atoms with Crippen LogP contribution in [0.3, 0.4) is 0 Å². The molecule has 0 aromatic rings. The topological polar surface area (TPSA) is 134 Å². The van der Waals surface area contributed by atoms with Gasteiger partial charge in [-0.15, -0.1) is 0 Å². The highest BCUT2D eigenvalue weighted by Crippen LogP contribution is 2.43. The largest absolute Gasteiger partial charge is 0.472 e. The fourth-order valence-electron chi connectivity index (χ4n) is 8.58. The summed E-state index contributed by atoms with van der Waals surface area (Å²) in [4.78, 5) is 35.2. The van der Waals surface area contributed by atoms with Crippen LogP contribution in [-0.4, -0.2) is 49.3 Å². The van der Waals surface area contributed by atoms with Gasteiger partial charge in [-0.2, -0.15) is 0 Å². The van der Waals surface area contributed by atoms with Crippen LogP contribution in [0, 0.1) is 0 Å². The summed E-state index contributed by atoms with van der Waals surface area (Å²) in [5, 5.41) is 0. The summed E-state index contributed by atoms with van der Waals surface area (Å²) >= 11 is 0. The Labute approximate surface area is 491 Å². The molecule has 80 heavy (non-hydrogen) atoms. The Balaban J connectivity index is 4.03. The van der Waals surface area contributed by atoms with Gasteiger partial charge in [0.15, 0.2) is 6.10 Å². The fraction of sp³-hybridized carbons (Fsp3) is 0.657. The predicted octanol–water partition coefficient (Wildman–Crippen LogP) is 20.9. The zero-order valence-corrected chi connectivity index (χ0v) is 51.9. The predicted molar refractivity (Wildman–Crippen MR) is 344 cm³/mol. The molecule has 0 aromatic heterocycles. The number of esters is 2. The minimum absolute atomic E-state index is 0.0448. The second-order valence-electron chi connectivity index (χ2n) is 20.9. The van der Waals surface area contributed by atoms with Gasteiger partial charge in [0.1, 0.15) is 6.61 Å². The van der Waals surface area contributed by atoms with Gasteiger partial charge >= 0.3 is 19.8 Å². The first-order valence-electron chi connectivity index (χ1n) is 32.2. The highest BCUT2D eigenvalue weighted by atomic mass is 31.2. The Morgan fingerprint density at radius 3 is 1.02 bits per heavy atom. The van der Waals surface area contributed by atoms with Crippen molar-refractivity contribution < 1.29 is 37.6 Å². The molecule has 0 radical (unpaired) electrons. The maximum Gasteiger partial charge on any atom is 0.472 e. The van der Waals surface area contributed by atoms with Crippen molar-refractivity contribution in [2.75, 3.05) is 26.4 Å². The molecule has 0 fully saturated rings. The number of hydrogen-bond donors (Lipinski definition) is 2. The van der Waals surface area contributed by atoms with Crippen molar-refractivity contribution in [3.05, 3.63) is 134 Å². The number of rotatable bonds is 59. The maximum atomic E-state index is 12.7. The summed E-state index contributed by atoms with van der Waals surface area (Å²) in [6.07, 6.45) is 90.9. The van der Waals surface area contributed by atoms with Crippen molar-refractivity contribution >= 4 is 19.8 Å². The lowest BCUT2D eigenvalue weighted by Crippen LogP contribution is -2.29. The number of phosphoric ester groups is 1. The third-order valence-corrected chi connectivity index (χ3v) is 14.3. The van der Waals surface area contributed by atoms with Gasteiger partial charge in [0, 0.05) is 19.4 Å². The minimum atomic E-state index is -4.40. The van der Waals surface area contributed by atoms with Crippen LogP contribution in [0.5, 0.6) is 0 Å². The average molecular weight is 1130 g/mol. The molecular weight excluding hydrogens is 1010 g/mol. The average Bonchev–Trinajstić information content (AvgIpc) is 3.45. The maximum absolute atomic E-state index is 12.7. The number of nitrogens with two attached hydrogens (primary N) is 1. The van der Waals surface area contributed by atoms with E-state index in [1.807, 2.05) is 0 Å². The monoisotopic (exact) mass is 1130 g/mol. The second kappa shape index (κ2) is 64.3. The summed E-state index contributed by atoms with van der Waals surface area (Å²) in [7, 11) is -4.40. The number of hydrogen-bond acceptors (Lipinski definition) is 8. The van der Waals surface area contributed by atoms with Crippen LogP contribution in [0.2, 0.25) is 0 Å². The molecule has 0 bridgehead atoms. The van der Waals surface area contributed by atoms with E-state index < -0.39 is 26.5 Å². The van der Waals surface area contributed by atoms with Crippen molar-refractivity contribution in [3.63, 3.8) is 0 Å². The third-order valence-electron chi connectivity index (χ3n) is 13.3. The van der Waals surface area contributed by atoms with Crippen LogP contribution >= 0.6 is 7.82 Å². The molecule has 3 N–H and O–H groups in total. The number of carbonyl (C=O) groups excluding carboxylic acids is 2. The van der Waals surface area contributed by atoms with E-state index in [-0.39, 0.29) is 38.6 Å². The molecule has 0 rings (SSSR count). The standard InChI is InChI=1S/C70H118NO8P/c1-3-5-7-9-11-13-15-17-19-21-23-25-26-27-28-29-30-31-32-33-34-35-36-37-38-39-40-41-42-43-45-47-49-51-53-55-57-59-61-63-70(73)79-68(67-78-80(74,75)77-65-64-71)66-76-69(72)62-60-58-56-54-52-50-48-46-44-24-22-20-18-16-14-12-10-8-6-4-2/h5,7,11,13,17,19,23,25,27-28,30-31,33-34,36-37,39-40,42-43,47,49,68H,3-4,6,8-10,12,14-16,18,20-22,24,26,29,32,35,38,41,44-46,48,50-67,71H2,1-2H3,(H,74,75)/b7-5-,13-11-,19-17-,25-23-,28-27-,31-30-,34-33-,37-36-,40-39-,43-42-,49-47-. The van der Waals surface area contributed by atoms with E-state index in [0.29, 0.717) is 6.42 Å². The van der Waals surface area contributed by atoms with Crippen LogP contribution in [0.4, 0.5) is 0 Å². The second-order valence-corrected chi connectivity index (χ2v) is 22.4. The molecule has 0 amide bonds. The number of unbranched alkanes of at least 4 members (excludes halogenated alkanes) is 24.